The molecule has 0 saturated carbocycles. The number of hydrogen-bond acceptors (Lipinski definition) is 1. The van der Waals surface area contributed by atoms with Crippen LogP contribution >= 0.6 is 0 Å². The summed E-state index contributed by atoms with van der Waals surface area (Å²) in [7, 11) is 2.13. The first-order valence-corrected chi connectivity index (χ1v) is 11.1. The zero-order valence-electron chi connectivity index (χ0n) is 18.1. The van der Waals surface area contributed by atoms with E-state index >= 15 is 0 Å². The largest absolute Gasteiger partial charge is 0.345 e. The van der Waals surface area contributed by atoms with Gasteiger partial charge in [0.05, 0.1) is 11.0 Å². The number of benzene rings is 4. The van der Waals surface area contributed by atoms with Crippen LogP contribution in [0, 0.1) is 0 Å². The van der Waals surface area contributed by atoms with Gasteiger partial charge in [-0.2, -0.15) is 0 Å². The van der Waals surface area contributed by atoms with Gasteiger partial charge >= 0.3 is 0 Å². The van der Waals surface area contributed by atoms with Crippen LogP contribution < -0.4 is 4.90 Å². The first-order valence-electron chi connectivity index (χ1n) is 11.1. The van der Waals surface area contributed by atoms with Gasteiger partial charge in [-0.15, -0.1) is 0 Å². The minimum atomic E-state index is 0.977. The van der Waals surface area contributed by atoms with E-state index in [2.05, 4.69) is 132 Å². The van der Waals surface area contributed by atoms with Gasteiger partial charge < -0.3 is 9.47 Å². The molecule has 0 N–H and O–H groups in total. The van der Waals surface area contributed by atoms with Crippen LogP contribution in [0.15, 0.2) is 109 Å². The van der Waals surface area contributed by atoms with Gasteiger partial charge in [-0.25, -0.2) is 0 Å². The van der Waals surface area contributed by atoms with Crippen molar-refractivity contribution in [2.45, 2.75) is 6.42 Å². The number of anilines is 2. The molecule has 6 rings (SSSR count). The third-order valence-electron chi connectivity index (χ3n) is 6.44. The Morgan fingerprint density at radius 3 is 2.41 bits per heavy atom. The van der Waals surface area contributed by atoms with Crippen molar-refractivity contribution < 1.29 is 0 Å². The molecule has 1 aliphatic carbocycles. The van der Waals surface area contributed by atoms with E-state index in [-0.39, 0.29) is 0 Å². The van der Waals surface area contributed by atoms with Gasteiger partial charge in [-0.05, 0) is 66.1 Å². The third kappa shape index (κ3) is 3.04. The van der Waals surface area contributed by atoms with Crippen LogP contribution in [0.5, 0.6) is 0 Å². The Morgan fingerprint density at radius 2 is 1.50 bits per heavy atom. The summed E-state index contributed by atoms with van der Waals surface area (Å²) in [6, 6.07) is 32.8. The summed E-state index contributed by atoms with van der Waals surface area (Å²) in [4.78, 5) is 2.24. The van der Waals surface area contributed by atoms with Crippen LogP contribution in [-0.2, 0) is 6.42 Å². The number of rotatable bonds is 3. The zero-order chi connectivity index (χ0) is 21.5. The fourth-order valence-electron chi connectivity index (χ4n) is 4.74. The van der Waals surface area contributed by atoms with Gasteiger partial charge in [0.2, 0.25) is 0 Å². The molecule has 2 nitrogen and oxygen atoms in total. The van der Waals surface area contributed by atoms with Gasteiger partial charge in [0.1, 0.15) is 0 Å². The van der Waals surface area contributed by atoms with E-state index in [0.29, 0.717) is 0 Å². The molecule has 0 atom stereocenters. The fraction of sp³-hybridized carbons (Fsp3) is 0.0667. The van der Waals surface area contributed by atoms with Gasteiger partial charge in [-0.3, -0.25) is 0 Å². The molecule has 0 saturated heterocycles. The van der Waals surface area contributed by atoms with E-state index in [1.807, 2.05) is 0 Å². The van der Waals surface area contributed by atoms with E-state index < -0.39 is 0 Å². The summed E-state index contributed by atoms with van der Waals surface area (Å²) in [5, 5.41) is 2.55. The molecule has 0 fully saturated rings. The monoisotopic (exact) mass is 412 g/mol. The Hall–Kier alpha value is -4.04. The van der Waals surface area contributed by atoms with Gasteiger partial charge in [0.25, 0.3) is 0 Å². The quantitative estimate of drug-likeness (QED) is 0.295. The van der Waals surface area contributed by atoms with Crippen LogP contribution in [0.1, 0.15) is 11.1 Å². The Labute approximate surface area is 188 Å². The molecule has 0 amide bonds. The molecule has 1 aliphatic rings. The molecule has 0 unspecified atom stereocenters. The summed E-state index contributed by atoms with van der Waals surface area (Å²) in [5.74, 6) is 0. The average Bonchev–Trinajstić information content (AvgIpc) is 2.99. The standard InChI is InChI=1S/C30H24N2/c1-31(24-12-6-3-7-13-24)25-18-19-30-28(21-25)27-14-8-9-15-29(27)32(30)26-17-16-22-10-4-2-5-11-23(22)20-26/h2-9,11-21H,10H2,1H3. The molecule has 5 aromatic rings. The van der Waals surface area contributed by atoms with Crippen molar-refractivity contribution in [3.63, 3.8) is 0 Å². The first kappa shape index (κ1) is 18.7. The third-order valence-corrected chi connectivity index (χ3v) is 6.44. The summed E-state index contributed by atoms with van der Waals surface area (Å²) in [5.41, 5.74) is 8.69. The first-order chi connectivity index (χ1) is 15.8. The Morgan fingerprint density at radius 1 is 0.688 bits per heavy atom. The van der Waals surface area contributed by atoms with Crippen LogP contribution in [-0.4, -0.2) is 11.6 Å². The highest BCUT2D eigenvalue weighted by atomic mass is 15.1. The Bertz CT molecular complexity index is 1500. The summed E-state index contributed by atoms with van der Waals surface area (Å²) < 4.78 is 2.39. The Balaban J connectivity index is 1.56. The molecule has 0 radical (unpaired) electrons. The maximum absolute atomic E-state index is 2.39. The van der Waals surface area contributed by atoms with Crippen molar-refractivity contribution in [1.82, 2.24) is 4.57 Å². The smallest absolute Gasteiger partial charge is 0.0542 e. The van der Waals surface area contributed by atoms with Crippen LogP contribution in [0.2, 0.25) is 0 Å². The number of para-hydroxylation sites is 2. The minimum Gasteiger partial charge on any atom is -0.345 e. The van der Waals surface area contributed by atoms with Gasteiger partial charge in [0.15, 0.2) is 0 Å². The van der Waals surface area contributed by atoms with Gasteiger partial charge in [0, 0.05) is 34.9 Å². The van der Waals surface area contributed by atoms with Crippen molar-refractivity contribution in [3.05, 3.63) is 120 Å². The molecular formula is C30H24N2. The lowest BCUT2D eigenvalue weighted by molar-refractivity contribution is 1.16. The van der Waals surface area contributed by atoms with Crippen molar-refractivity contribution >= 4 is 39.3 Å². The average molecular weight is 413 g/mol. The second kappa shape index (κ2) is 7.58. The van der Waals surface area contributed by atoms with E-state index in [9.17, 15) is 0 Å². The second-order valence-corrected chi connectivity index (χ2v) is 8.32. The summed E-state index contributed by atoms with van der Waals surface area (Å²) in [6.07, 6.45) is 9.67. The molecular weight excluding hydrogens is 388 g/mol. The normalized spacial score (nSPS) is 12.8. The summed E-state index contributed by atoms with van der Waals surface area (Å²) >= 11 is 0. The van der Waals surface area contributed by atoms with Crippen molar-refractivity contribution in [1.29, 1.82) is 0 Å². The lowest BCUT2D eigenvalue weighted by Crippen LogP contribution is -2.08. The topological polar surface area (TPSA) is 8.17 Å². The molecule has 0 bridgehead atoms. The summed E-state index contributed by atoms with van der Waals surface area (Å²) in [6.45, 7) is 0. The van der Waals surface area contributed by atoms with E-state index in [1.54, 1.807) is 0 Å². The van der Waals surface area contributed by atoms with Crippen LogP contribution in [0.25, 0.3) is 33.6 Å². The lowest BCUT2D eigenvalue weighted by atomic mass is 10.0. The predicted molar refractivity (Wildman–Crippen MR) is 137 cm³/mol. The maximum atomic E-state index is 2.39. The highest BCUT2D eigenvalue weighted by Crippen LogP contribution is 2.36. The number of hydrogen-bond donors (Lipinski definition) is 0. The van der Waals surface area contributed by atoms with E-state index in [0.717, 1.165) is 6.42 Å². The zero-order valence-corrected chi connectivity index (χ0v) is 18.1. The number of nitrogens with zero attached hydrogens (tertiary/aromatic N) is 2. The molecule has 0 aliphatic heterocycles. The molecule has 32 heavy (non-hydrogen) atoms. The van der Waals surface area contributed by atoms with Crippen LogP contribution in [0.3, 0.4) is 0 Å². The molecule has 154 valence electrons. The molecule has 0 spiro atoms. The number of fused-ring (bicyclic) bond motifs is 4. The molecule has 1 aromatic heterocycles. The SMILES string of the molecule is CN(c1ccccc1)c1ccc2c(c1)c1ccccc1n2-c1ccc2c(c1)C=CC=CC2. The molecule has 4 aromatic carbocycles. The molecule has 2 heteroatoms. The lowest BCUT2D eigenvalue weighted by Gasteiger charge is -2.19. The fourth-order valence-corrected chi connectivity index (χ4v) is 4.74. The van der Waals surface area contributed by atoms with Crippen molar-refractivity contribution in [2.24, 2.45) is 0 Å². The maximum Gasteiger partial charge on any atom is 0.0542 e. The second-order valence-electron chi connectivity index (χ2n) is 8.32. The Kier molecular flexibility index (Phi) is 4.43. The van der Waals surface area contributed by atoms with Gasteiger partial charge in [-0.1, -0.05) is 66.8 Å². The highest BCUT2D eigenvalue weighted by Gasteiger charge is 2.15. The predicted octanol–water partition coefficient (Wildman–Crippen LogP) is 7.68. The minimum absolute atomic E-state index is 0.977. The van der Waals surface area contributed by atoms with Crippen LogP contribution in [0.4, 0.5) is 11.4 Å². The van der Waals surface area contributed by atoms with E-state index in [4.69, 9.17) is 0 Å². The number of aromatic nitrogens is 1. The van der Waals surface area contributed by atoms with Crippen molar-refractivity contribution in [3.8, 4) is 5.69 Å². The number of allylic oxidation sites excluding steroid dienone is 3. The van der Waals surface area contributed by atoms with E-state index in [1.165, 1.54) is 50.0 Å². The van der Waals surface area contributed by atoms with Crippen molar-refractivity contribution in [2.75, 3.05) is 11.9 Å². The highest BCUT2D eigenvalue weighted by molar-refractivity contribution is 6.10. The molecule has 1 heterocycles.